The van der Waals surface area contributed by atoms with Gasteiger partial charge in [-0.15, -0.1) is 14.0 Å². The predicted octanol–water partition coefficient (Wildman–Crippen LogP) is 3.24. The first kappa shape index (κ1) is 14.0. The van der Waals surface area contributed by atoms with E-state index in [-0.39, 0.29) is 11.7 Å². The third-order valence-electron chi connectivity index (χ3n) is 3.03. The highest BCUT2D eigenvalue weighted by Crippen LogP contribution is 2.66. The molecule has 4 nitrogen and oxygen atoms in total. The van der Waals surface area contributed by atoms with Gasteiger partial charge in [0.05, 0.1) is 13.1 Å². The minimum atomic E-state index is -0.476. The molecule has 8 heteroatoms. The first-order chi connectivity index (χ1) is 8.19. The second-order valence-corrected chi connectivity index (χ2v) is 13.0. The third kappa shape index (κ3) is 2.76. The first-order valence-electron chi connectivity index (χ1n) is 5.69. The molecule has 0 N–H and O–H groups in total. The molecule has 0 bridgehead atoms. The molecule has 2 rings (SSSR count). The first-order valence-corrected chi connectivity index (χ1v) is 12.3. The lowest BCUT2D eigenvalue weighted by Gasteiger charge is -2.21. The topological polar surface area (TPSA) is 47.8 Å². The highest BCUT2D eigenvalue weighted by Gasteiger charge is 2.32. The van der Waals surface area contributed by atoms with E-state index in [0.717, 1.165) is 37.1 Å². The SMILES string of the molecule is CCCC1CCc2nnn(P(P)PP)c2C1=O. The Labute approximate surface area is 109 Å². The zero-order valence-corrected chi connectivity index (χ0v) is 14.0. The standard InChI is InChI=1S/C9H17N3OP4/c1-2-3-6-4-5-7-8(9(6)13)12(11-10-7)17(15)16-14/h6,16H,2-5,14-15H2,1H3. The van der Waals surface area contributed by atoms with Gasteiger partial charge in [0.1, 0.15) is 5.69 Å². The van der Waals surface area contributed by atoms with Crippen molar-refractivity contribution in [1.82, 2.24) is 14.8 Å². The van der Waals surface area contributed by atoms with Crippen LogP contribution in [0.25, 0.3) is 0 Å². The summed E-state index contributed by atoms with van der Waals surface area (Å²) in [4.78, 5) is 12.4. The Bertz CT molecular complexity index is 422. The lowest BCUT2D eigenvalue weighted by atomic mass is 9.85. The van der Waals surface area contributed by atoms with Crippen molar-refractivity contribution >= 4 is 39.0 Å². The van der Waals surface area contributed by atoms with Crippen LogP contribution in [0.4, 0.5) is 0 Å². The summed E-state index contributed by atoms with van der Waals surface area (Å²) < 4.78 is 1.85. The van der Waals surface area contributed by atoms with Crippen molar-refractivity contribution < 1.29 is 4.79 Å². The maximum absolute atomic E-state index is 12.4. The molecule has 5 atom stereocenters. The van der Waals surface area contributed by atoms with Gasteiger partial charge >= 0.3 is 0 Å². The number of hydrogen-bond donors (Lipinski definition) is 0. The minimum Gasteiger partial charge on any atom is -0.292 e. The van der Waals surface area contributed by atoms with E-state index < -0.39 is 7.45 Å². The summed E-state index contributed by atoms with van der Waals surface area (Å²) in [5.74, 6) is 0.447. The maximum Gasteiger partial charge on any atom is 0.186 e. The molecule has 0 spiro atoms. The van der Waals surface area contributed by atoms with Crippen LogP contribution < -0.4 is 0 Å². The number of hydrogen-bond acceptors (Lipinski definition) is 3. The number of ketones is 1. The quantitative estimate of drug-likeness (QED) is 0.802. The van der Waals surface area contributed by atoms with Gasteiger partial charge in [-0.05, 0) is 27.2 Å². The number of rotatable bonds is 4. The number of aromatic nitrogens is 3. The van der Waals surface area contributed by atoms with Crippen LogP contribution in [0.5, 0.6) is 0 Å². The van der Waals surface area contributed by atoms with E-state index in [1.807, 2.05) is 4.45 Å². The lowest BCUT2D eigenvalue weighted by molar-refractivity contribution is 0.0887. The summed E-state index contributed by atoms with van der Waals surface area (Å²) in [5, 5.41) is 8.32. The summed E-state index contributed by atoms with van der Waals surface area (Å²) in [6, 6.07) is 0. The molecule has 17 heavy (non-hydrogen) atoms. The molecule has 0 saturated heterocycles. The van der Waals surface area contributed by atoms with Crippen LogP contribution in [-0.4, -0.2) is 20.5 Å². The Kier molecular flexibility index (Phi) is 5.02. The van der Waals surface area contributed by atoms with Crippen molar-refractivity contribution in [3.05, 3.63) is 11.4 Å². The van der Waals surface area contributed by atoms with Gasteiger partial charge in [-0.2, -0.15) is 0 Å². The molecule has 0 amide bonds. The Balaban J connectivity index is 2.32. The van der Waals surface area contributed by atoms with E-state index in [9.17, 15) is 4.79 Å². The molecular formula is C9H17N3OP4. The van der Waals surface area contributed by atoms with Crippen LogP contribution in [0.3, 0.4) is 0 Å². The number of aryl methyl sites for hydroxylation is 1. The fraction of sp³-hybridized carbons (Fsp3) is 0.667. The molecule has 0 saturated carbocycles. The van der Waals surface area contributed by atoms with Gasteiger partial charge in [-0.3, -0.25) is 4.79 Å². The van der Waals surface area contributed by atoms with Crippen LogP contribution in [0, 0.1) is 5.92 Å². The van der Waals surface area contributed by atoms with Gasteiger partial charge in [0.15, 0.2) is 5.78 Å². The predicted molar refractivity (Wildman–Crippen MR) is 81.1 cm³/mol. The third-order valence-corrected chi connectivity index (χ3v) is 12.4. The molecule has 1 heterocycles. The van der Waals surface area contributed by atoms with Crippen molar-refractivity contribution in [3.63, 3.8) is 0 Å². The number of Topliss-reactive ketones (excluding diaryl/α,β-unsaturated/α-hetero) is 1. The molecule has 5 unspecified atom stereocenters. The summed E-state index contributed by atoms with van der Waals surface area (Å²) >= 11 is 0. The van der Waals surface area contributed by atoms with Gasteiger partial charge in [0.2, 0.25) is 0 Å². The Morgan fingerprint density at radius 1 is 1.65 bits per heavy atom. The Morgan fingerprint density at radius 3 is 3.06 bits per heavy atom. The fourth-order valence-electron chi connectivity index (χ4n) is 2.18. The number of nitrogens with zero attached hydrogens (tertiary/aromatic N) is 3. The summed E-state index contributed by atoms with van der Waals surface area (Å²) in [5.41, 5.74) is 1.69. The van der Waals surface area contributed by atoms with Crippen molar-refractivity contribution in [2.75, 3.05) is 0 Å². The van der Waals surface area contributed by atoms with Crippen molar-refractivity contribution in [3.8, 4) is 0 Å². The number of carbonyl (C=O) groups excluding carboxylic acids is 1. The molecule has 0 fully saturated rings. The average Bonchev–Trinajstić information content (AvgIpc) is 2.76. The fourth-order valence-corrected chi connectivity index (χ4v) is 5.06. The molecule has 1 aliphatic rings. The van der Waals surface area contributed by atoms with Crippen LogP contribution in [-0.2, 0) is 6.42 Å². The second kappa shape index (κ2) is 6.12. The molecular weight excluding hydrogens is 290 g/mol. The molecule has 1 aromatic heterocycles. The van der Waals surface area contributed by atoms with Crippen molar-refractivity contribution in [2.24, 2.45) is 5.92 Å². The van der Waals surface area contributed by atoms with Crippen LogP contribution >= 0.6 is 33.3 Å². The highest BCUT2D eigenvalue weighted by atomic mass is 32.6. The number of carbonyl (C=O) groups is 1. The van der Waals surface area contributed by atoms with E-state index in [4.69, 9.17) is 0 Å². The molecule has 1 aliphatic carbocycles. The largest absolute Gasteiger partial charge is 0.292 e. The smallest absolute Gasteiger partial charge is 0.186 e. The van der Waals surface area contributed by atoms with E-state index >= 15 is 0 Å². The maximum atomic E-state index is 12.4. The monoisotopic (exact) mass is 307 g/mol. The molecule has 0 radical (unpaired) electrons. The summed E-state index contributed by atoms with van der Waals surface area (Å²) in [6.07, 6.45) is 3.89. The molecule has 0 aliphatic heterocycles. The van der Waals surface area contributed by atoms with E-state index in [0.29, 0.717) is 7.96 Å². The van der Waals surface area contributed by atoms with Crippen LogP contribution in [0.15, 0.2) is 0 Å². The van der Waals surface area contributed by atoms with Gasteiger partial charge in [0.25, 0.3) is 0 Å². The van der Waals surface area contributed by atoms with Gasteiger partial charge in [0, 0.05) is 5.92 Å². The summed E-state index contributed by atoms with van der Waals surface area (Å²) in [6.45, 7) is 2.13. The zero-order valence-electron chi connectivity index (χ0n) is 9.76. The van der Waals surface area contributed by atoms with E-state index in [1.54, 1.807) is 0 Å². The van der Waals surface area contributed by atoms with Crippen LogP contribution in [0.1, 0.15) is 42.4 Å². The van der Waals surface area contributed by atoms with E-state index in [1.165, 1.54) is 0 Å². The van der Waals surface area contributed by atoms with Crippen LogP contribution in [0.2, 0.25) is 0 Å². The normalized spacial score (nSPS) is 22.1. The summed E-state index contributed by atoms with van der Waals surface area (Å²) in [7, 11) is 5.73. The van der Waals surface area contributed by atoms with Gasteiger partial charge in [-0.1, -0.05) is 27.5 Å². The van der Waals surface area contributed by atoms with Crippen molar-refractivity contribution in [1.29, 1.82) is 0 Å². The molecule has 94 valence electrons. The minimum absolute atomic E-state index is 0.186. The molecule has 0 aromatic carbocycles. The zero-order chi connectivity index (χ0) is 12.4. The van der Waals surface area contributed by atoms with Gasteiger partial charge < -0.3 is 0 Å². The Hall–Kier alpha value is 0.530. The van der Waals surface area contributed by atoms with Gasteiger partial charge in [-0.25, -0.2) is 4.45 Å². The van der Waals surface area contributed by atoms with E-state index in [2.05, 4.69) is 35.1 Å². The van der Waals surface area contributed by atoms with Crippen molar-refractivity contribution in [2.45, 2.75) is 32.6 Å². The molecule has 1 aromatic rings. The number of fused-ring (bicyclic) bond motifs is 1. The average molecular weight is 307 g/mol. The second-order valence-electron chi connectivity index (χ2n) is 4.14. The lowest BCUT2D eigenvalue weighted by Crippen LogP contribution is -2.24. The highest BCUT2D eigenvalue weighted by molar-refractivity contribution is 8.60. The Morgan fingerprint density at radius 2 is 2.41 bits per heavy atom.